The smallest absolute Gasteiger partial charge is 0.462 e. The van der Waals surface area contributed by atoms with Gasteiger partial charge in [-0.25, -0.2) is 4.57 Å². The fourth-order valence-corrected chi connectivity index (χ4v) is 7.39. The Bertz CT molecular complexity index is 1040. The molecule has 2 atom stereocenters. The van der Waals surface area contributed by atoms with E-state index in [-0.39, 0.29) is 32.0 Å². The fourth-order valence-electron chi connectivity index (χ4n) is 6.65. The molecule has 0 aliphatic rings. The van der Waals surface area contributed by atoms with Crippen LogP contribution in [0.5, 0.6) is 0 Å². The number of phosphoric acid groups is 1. The second kappa shape index (κ2) is 40.9. The van der Waals surface area contributed by atoms with E-state index >= 15 is 0 Å². The summed E-state index contributed by atoms with van der Waals surface area (Å²) in [5.74, 6) is -0.801. The molecular formula is C48H93NO8P+. The molecule has 9 nitrogen and oxygen atoms in total. The third-order valence-electron chi connectivity index (χ3n) is 10.5. The molecule has 0 aromatic carbocycles. The predicted molar refractivity (Wildman–Crippen MR) is 243 cm³/mol. The van der Waals surface area contributed by atoms with Crippen LogP contribution in [0.3, 0.4) is 0 Å². The van der Waals surface area contributed by atoms with E-state index in [1.165, 1.54) is 141 Å². The van der Waals surface area contributed by atoms with E-state index in [2.05, 4.69) is 38.2 Å². The van der Waals surface area contributed by atoms with Gasteiger partial charge in [0.1, 0.15) is 19.8 Å². The van der Waals surface area contributed by atoms with Crippen molar-refractivity contribution in [3.63, 3.8) is 0 Å². The Morgan fingerprint density at radius 3 is 1.28 bits per heavy atom. The number of carbonyl (C=O) groups excluding carboxylic acids is 2. The Morgan fingerprint density at radius 2 is 0.879 bits per heavy atom. The predicted octanol–water partition coefficient (Wildman–Crippen LogP) is 13.9. The Labute approximate surface area is 358 Å². The zero-order valence-electron chi connectivity index (χ0n) is 38.5. The molecular weight excluding hydrogens is 750 g/mol. The summed E-state index contributed by atoms with van der Waals surface area (Å²) in [6.45, 7) is 4.43. The number of nitrogens with zero attached hydrogens (tertiary/aromatic N) is 1. The summed E-state index contributed by atoms with van der Waals surface area (Å²) in [7, 11) is 1.48. The van der Waals surface area contributed by atoms with Crippen LogP contribution in [0.15, 0.2) is 24.3 Å². The van der Waals surface area contributed by atoms with Gasteiger partial charge in [0.05, 0.1) is 27.7 Å². The lowest BCUT2D eigenvalue weighted by Gasteiger charge is -2.24. The van der Waals surface area contributed by atoms with Crippen LogP contribution in [0.25, 0.3) is 0 Å². The van der Waals surface area contributed by atoms with E-state index in [1.807, 2.05) is 21.1 Å². The SMILES string of the molecule is CCCCCCCC/C=C\CCCCCCCCCC(=O)OC[C@H](COP(=O)(O)OCC[N+](C)(C)C)OC(=O)CCCCCCCCC/C=C\CCCCCCCC. The molecule has 0 saturated carbocycles. The van der Waals surface area contributed by atoms with Gasteiger partial charge >= 0.3 is 19.8 Å². The summed E-state index contributed by atoms with van der Waals surface area (Å²) < 4.78 is 34.4. The number of unbranched alkanes of at least 4 members (excludes halogenated alkanes) is 26. The lowest BCUT2D eigenvalue weighted by molar-refractivity contribution is -0.870. The van der Waals surface area contributed by atoms with Crippen molar-refractivity contribution in [2.75, 3.05) is 47.5 Å². The maximum atomic E-state index is 12.7. The highest BCUT2D eigenvalue weighted by molar-refractivity contribution is 7.47. The van der Waals surface area contributed by atoms with Crippen LogP contribution < -0.4 is 0 Å². The van der Waals surface area contributed by atoms with Crippen LogP contribution in [0.2, 0.25) is 0 Å². The number of hydrogen-bond acceptors (Lipinski definition) is 7. The van der Waals surface area contributed by atoms with Crippen molar-refractivity contribution in [3.8, 4) is 0 Å². The van der Waals surface area contributed by atoms with Crippen molar-refractivity contribution in [2.24, 2.45) is 0 Å². The standard InChI is InChI=1S/C48H92NO8P/c1-6-8-10-12-14-16-18-20-22-24-26-28-30-32-34-36-38-40-47(50)54-44-46(45-56-58(52,53)55-43-42-49(3,4)5)57-48(51)41-39-37-35-33-31-29-27-25-23-21-19-17-15-13-11-9-7-2/h20-23,46H,6-19,24-45H2,1-5H3/p+1/b22-20-,23-21-/t46-/m1/s1. The lowest BCUT2D eigenvalue weighted by atomic mass is 10.1. The number of hydrogen-bond donors (Lipinski definition) is 1. The molecule has 58 heavy (non-hydrogen) atoms. The van der Waals surface area contributed by atoms with Crippen LogP contribution in [0.1, 0.15) is 219 Å². The molecule has 0 aliphatic carbocycles. The van der Waals surface area contributed by atoms with Gasteiger partial charge in [0.2, 0.25) is 0 Å². The molecule has 342 valence electrons. The number of likely N-dealkylation sites (N-methyl/N-ethyl adjacent to an activating group) is 1. The van der Waals surface area contributed by atoms with E-state index in [9.17, 15) is 19.0 Å². The van der Waals surface area contributed by atoms with Gasteiger partial charge in [0.25, 0.3) is 0 Å². The average molecular weight is 843 g/mol. The molecule has 0 rings (SSSR count). The molecule has 0 fully saturated rings. The minimum Gasteiger partial charge on any atom is -0.462 e. The number of esters is 2. The van der Waals surface area contributed by atoms with E-state index < -0.39 is 26.5 Å². The van der Waals surface area contributed by atoms with Gasteiger partial charge in [-0.1, -0.05) is 167 Å². The Morgan fingerprint density at radius 1 is 0.517 bits per heavy atom. The first kappa shape index (κ1) is 56.5. The Kier molecular flexibility index (Phi) is 39.8. The number of rotatable bonds is 44. The summed E-state index contributed by atoms with van der Waals surface area (Å²) >= 11 is 0. The first-order chi connectivity index (χ1) is 28.0. The van der Waals surface area contributed by atoms with E-state index in [4.69, 9.17) is 18.5 Å². The second-order valence-corrected chi connectivity index (χ2v) is 18.9. The van der Waals surface area contributed by atoms with Gasteiger partial charge < -0.3 is 18.9 Å². The van der Waals surface area contributed by atoms with E-state index in [1.54, 1.807) is 0 Å². The van der Waals surface area contributed by atoms with Crippen molar-refractivity contribution in [1.82, 2.24) is 0 Å². The highest BCUT2D eigenvalue weighted by atomic mass is 31.2. The van der Waals surface area contributed by atoms with Crippen molar-refractivity contribution < 1.29 is 42.1 Å². The molecule has 0 saturated heterocycles. The minimum absolute atomic E-state index is 0.0315. The zero-order chi connectivity index (χ0) is 42.8. The summed E-state index contributed by atoms with van der Waals surface area (Å²) in [6.07, 6.45) is 45.0. The van der Waals surface area contributed by atoms with Gasteiger partial charge in [-0.05, 0) is 64.2 Å². The summed E-state index contributed by atoms with van der Waals surface area (Å²) in [5, 5.41) is 0. The highest BCUT2D eigenvalue weighted by Gasteiger charge is 2.27. The molecule has 1 unspecified atom stereocenters. The van der Waals surface area contributed by atoms with Crippen LogP contribution in [-0.2, 0) is 32.7 Å². The molecule has 0 aromatic rings. The molecule has 0 amide bonds. The Hall–Kier alpha value is -1.51. The van der Waals surface area contributed by atoms with Crippen molar-refractivity contribution in [1.29, 1.82) is 0 Å². The third-order valence-corrected chi connectivity index (χ3v) is 11.4. The maximum absolute atomic E-state index is 12.7. The van der Waals surface area contributed by atoms with Crippen molar-refractivity contribution >= 4 is 19.8 Å². The van der Waals surface area contributed by atoms with Gasteiger partial charge in [-0.3, -0.25) is 18.6 Å². The fraction of sp³-hybridized carbons (Fsp3) is 0.875. The topological polar surface area (TPSA) is 108 Å². The van der Waals surface area contributed by atoms with Gasteiger partial charge in [0.15, 0.2) is 6.10 Å². The first-order valence-corrected chi connectivity index (χ1v) is 25.6. The van der Waals surface area contributed by atoms with Gasteiger partial charge in [-0.2, -0.15) is 0 Å². The first-order valence-electron chi connectivity index (χ1n) is 24.1. The van der Waals surface area contributed by atoms with Crippen LogP contribution >= 0.6 is 7.82 Å². The van der Waals surface area contributed by atoms with Crippen LogP contribution in [0, 0.1) is 0 Å². The number of allylic oxidation sites excluding steroid dienone is 4. The average Bonchev–Trinajstić information content (AvgIpc) is 3.17. The van der Waals surface area contributed by atoms with Gasteiger partial charge in [0, 0.05) is 12.8 Å². The molecule has 0 bridgehead atoms. The molecule has 0 aliphatic heterocycles. The largest absolute Gasteiger partial charge is 0.472 e. The zero-order valence-corrected chi connectivity index (χ0v) is 39.4. The number of phosphoric ester groups is 1. The van der Waals surface area contributed by atoms with Crippen molar-refractivity contribution in [2.45, 2.75) is 225 Å². The van der Waals surface area contributed by atoms with E-state index in [0.29, 0.717) is 17.4 Å². The van der Waals surface area contributed by atoms with Gasteiger partial charge in [-0.15, -0.1) is 0 Å². The molecule has 0 aromatic heterocycles. The van der Waals surface area contributed by atoms with Crippen LogP contribution in [-0.4, -0.2) is 74.9 Å². The van der Waals surface area contributed by atoms with E-state index in [0.717, 1.165) is 44.9 Å². The number of quaternary nitrogens is 1. The minimum atomic E-state index is -4.38. The van der Waals surface area contributed by atoms with Crippen LogP contribution in [0.4, 0.5) is 0 Å². The molecule has 0 heterocycles. The molecule has 0 radical (unpaired) electrons. The Balaban J connectivity index is 4.30. The normalized spacial score (nSPS) is 13.7. The summed E-state index contributed by atoms with van der Waals surface area (Å²) in [6, 6.07) is 0. The number of ether oxygens (including phenoxy) is 2. The van der Waals surface area contributed by atoms with Crippen molar-refractivity contribution in [3.05, 3.63) is 24.3 Å². The maximum Gasteiger partial charge on any atom is 0.472 e. The molecule has 10 heteroatoms. The molecule has 0 spiro atoms. The number of carbonyl (C=O) groups is 2. The lowest BCUT2D eigenvalue weighted by Crippen LogP contribution is -2.37. The third kappa shape index (κ3) is 44.1. The second-order valence-electron chi connectivity index (χ2n) is 17.5. The highest BCUT2D eigenvalue weighted by Crippen LogP contribution is 2.43. The molecule has 1 N–H and O–H groups in total. The summed E-state index contributed by atoms with van der Waals surface area (Å²) in [5.41, 5.74) is 0. The quantitative estimate of drug-likeness (QED) is 0.0212. The monoisotopic (exact) mass is 843 g/mol. The summed E-state index contributed by atoms with van der Waals surface area (Å²) in [4.78, 5) is 35.5.